The van der Waals surface area contributed by atoms with Gasteiger partial charge in [-0.15, -0.1) is 11.8 Å². The van der Waals surface area contributed by atoms with Gasteiger partial charge >= 0.3 is 0 Å². The fraction of sp³-hybridized carbons (Fsp3) is 0.562. The summed E-state index contributed by atoms with van der Waals surface area (Å²) < 4.78 is 0. The molecular weight excluding hydrogens is 282 g/mol. The van der Waals surface area contributed by atoms with Gasteiger partial charge in [-0.2, -0.15) is 10.5 Å². The summed E-state index contributed by atoms with van der Waals surface area (Å²) in [6, 6.07) is 4.43. The molecule has 0 aromatic carbocycles. The molecule has 1 atom stereocenters. The highest BCUT2D eigenvalue weighted by Crippen LogP contribution is 2.51. The first kappa shape index (κ1) is 15.7. The largest absolute Gasteiger partial charge is 0.319 e. The third-order valence-corrected chi connectivity index (χ3v) is 5.46. The predicted octanol–water partition coefficient (Wildman–Crippen LogP) is 3.25. The molecule has 0 unspecified atom stereocenters. The number of thioether (sulfide) groups is 1. The number of carbonyl (C=O) groups is 1. The molecule has 1 saturated carbocycles. The van der Waals surface area contributed by atoms with E-state index in [-0.39, 0.29) is 5.91 Å². The fourth-order valence-corrected chi connectivity index (χ4v) is 4.19. The number of amides is 1. The van der Waals surface area contributed by atoms with E-state index in [9.17, 15) is 15.3 Å². The average molecular weight is 301 g/mol. The van der Waals surface area contributed by atoms with Gasteiger partial charge in [0.15, 0.2) is 0 Å². The molecule has 0 saturated heterocycles. The maximum Gasteiger partial charge on any atom is 0.243 e. The molecule has 110 valence electrons. The van der Waals surface area contributed by atoms with Gasteiger partial charge < -0.3 is 5.32 Å². The first-order valence-electron chi connectivity index (χ1n) is 7.17. The Morgan fingerprint density at radius 1 is 1.43 bits per heavy atom. The van der Waals surface area contributed by atoms with E-state index >= 15 is 0 Å². The molecule has 1 spiro atoms. The Labute approximate surface area is 129 Å². The summed E-state index contributed by atoms with van der Waals surface area (Å²) in [5.74, 6) is -0.349. The minimum absolute atomic E-state index is 0.261. The number of allylic oxidation sites excluding steroid dienone is 1. The molecule has 0 bridgehead atoms. The van der Waals surface area contributed by atoms with Crippen molar-refractivity contribution in [2.75, 3.05) is 5.75 Å². The Kier molecular flexibility index (Phi) is 4.75. The lowest BCUT2D eigenvalue weighted by molar-refractivity contribution is -0.126. The number of nitriles is 2. The standard InChI is InChI=1S/C16H19N3OS/c1-11(2)10-21-15-13(9-18)16(6-4-3-5-7-16)12(8-17)14(20)19-15/h12H,1,3-7,10H2,2H3,(H,19,20)/t12-/m0/s1. The van der Waals surface area contributed by atoms with E-state index in [0.717, 1.165) is 37.7 Å². The minimum Gasteiger partial charge on any atom is -0.319 e. The smallest absolute Gasteiger partial charge is 0.243 e. The van der Waals surface area contributed by atoms with Crippen LogP contribution in [0.25, 0.3) is 0 Å². The van der Waals surface area contributed by atoms with Crippen molar-refractivity contribution in [3.8, 4) is 12.1 Å². The summed E-state index contributed by atoms with van der Waals surface area (Å²) in [6.07, 6.45) is 4.54. The van der Waals surface area contributed by atoms with Crippen LogP contribution in [-0.4, -0.2) is 11.7 Å². The van der Waals surface area contributed by atoms with Crippen molar-refractivity contribution in [1.82, 2.24) is 5.32 Å². The molecule has 4 nitrogen and oxygen atoms in total. The summed E-state index contributed by atoms with van der Waals surface area (Å²) in [5, 5.41) is 22.5. The van der Waals surface area contributed by atoms with E-state index in [0.29, 0.717) is 16.4 Å². The Balaban J connectivity index is 2.47. The van der Waals surface area contributed by atoms with Crippen molar-refractivity contribution in [3.05, 3.63) is 22.8 Å². The Morgan fingerprint density at radius 2 is 2.10 bits per heavy atom. The fourth-order valence-electron chi connectivity index (χ4n) is 3.24. The van der Waals surface area contributed by atoms with Crippen molar-refractivity contribution in [2.45, 2.75) is 39.0 Å². The molecule has 1 aliphatic heterocycles. The van der Waals surface area contributed by atoms with Crippen LogP contribution in [0.1, 0.15) is 39.0 Å². The molecule has 1 heterocycles. The van der Waals surface area contributed by atoms with E-state index in [1.54, 1.807) is 0 Å². The molecule has 5 heteroatoms. The van der Waals surface area contributed by atoms with Gasteiger partial charge in [-0.05, 0) is 19.8 Å². The maximum absolute atomic E-state index is 12.3. The molecule has 1 fully saturated rings. The van der Waals surface area contributed by atoms with Crippen molar-refractivity contribution in [1.29, 1.82) is 10.5 Å². The van der Waals surface area contributed by atoms with Crippen LogP contribution in [0, 0.1) is 34.0 Å². The van der Waals surface area contributed by atoms with Crippen molar-refractivity contribution in [3.63, 3.8) is 0 Å². The van der Waals surface area contributed by atoms with Gasteiger partial charge in [-0.1, -0.05) is 31.4 Å². The van der Waals surface area contributed by atoms with E-state index in [1.165, 1.54) is 11.8 Å². The van der Waals surface area contributed by atoms with Gasteiger partial charge in [0.05, 0.1) is 22.7 Å². The van der Waals surface area contributed by atoms with E-state index in [1.807, 2.05) is 6.92 Å². The molecule has 1 amide bonds. The zero-order valence-corrected chi connectivity index (χ0v) is 13.1. The van der Waals surface area contributed by atoms with Crippen LogP contribution in [0.5, 0.6) is 0 Å². The van der Waals surface area contributed by atoms with Crippen LogP contribution in [0.4, 0.5) is 0 Å². The second-order valence-electron chi connectivity index (χ2n) is 5.83. The summed E-state index contributed by atoms with van der Waals surface area (Å²) >= 11 is 1.44. The van der Waals surface area contributed by atoms with Gasteiger partial charge in [0.25, 0.3) is 0 Å². The summed E-state index contributed by atoms with van der Waals surface area (Å²) in [7, 11) is 0. The highest BCUT2D eigenvalue weighted by atomic mass is 32.2. The van der Waals surface area contributed by atoms with Gasteiger partial charge in [-0.3, -0.25) is 4.79 Å². The number of rotatable bonds is 3. The highest BCUT2D eigenvalue weighted by molar-refractivity contribution is 8.03. The maximum atomic E-state index is 12.3. The van der Waals surface area contributed by atoms with Crippen LogP contribution >= 0.6 is 11.8 Å². The topological polar surface area (TPSA) is 76.7 Å². The number of nitrogens with one attached hydrogen (secondary N) is 1. The third kappa shape index (κ3) is 2.84. The summed E-state index contributed by atoms with van der Waals surface area (Å²) in [5.41, 5.74) is 1.00. The van der Waals surface area contributed by atoms with E-state index in [4.69, 9.17) is 0 Å². The second kappa shape index (κ2) is 6.37. The van der Waals surface area contributed by atoms with Crippen LogP contribution in [0.3, 0.4) is 0 Å². The number of carbonyl (C=O) groups excluding carboxylic acids is 1. The van der Waals surface area contributed by atoms with Gasteiger partial charge in [0.2, 0.25) is 5.91 Å². The van der Waals surface area contributed by atoms with Crippen LogP contribution in [0.2, 0.25) is 0 Å². The first-order valence-corrected chi connectivity index (χ1v) is 8.16. The van der Waals surface area contributed by atoms with Crippen LogP contribution in [-0.2, 0) is 4.79 Å². The normalized spacial score (nSPS) is 24.1. The molecule has 2 aliphatic rings. The Bertz CT molecular complexity index is 573. The number of hydrogen-bond acceptors (Lipinski definition) is 4. The number of hydrogen-bond donors (Lipinski definition) is 1. The third-order valence-electron chi connectivity index (χ3n) is 4.23. The lowest BCUT2D eigenvalue weighted by Gasteiger charge is -2.43. The molecule has 21 heavy (non-hydrogen) atoms. The number of nitrogens with zero attached hydrogens (tertiary/aromatic N) is 2. The quantitative estimate of drug-likeness (QED) is 0.812. The lowest BCUT2D eigenvalue weighted by atomic mass is 9.61. The Hall–Kier alpha value is -1.72. The molecule has 2 rings (SSSR count). The van der Waals surface area contributed by atoms with Crippen molar-refractivity contribution < 1.29 is 4.79 Å². The summed E-state index contributed by atoms with van der Waals surface area (Å²) in [4.78, 5) is 12.3. The second-order valence-corrected chi connectivity index (χ2v) is 6.82. The van der Waals surface area contributed by atoms with Gasteiger partial charge in [-0.25, -0.2) is 0 Å². The van der Waals surface area contributed by atoms with Crippen molar-refractivity contribution >= 4 is 17.7 Å². The van der Waals surface area contributed by atoms with Crippen molar-refractivity contribution in [2.24, 2.45) is 11.3 Å². The molecule has 1 N–H and O–H groups in total. The van der Waals surface area contributed by atoms with Gasteiger partial charge in [0.1, 0.15) is 5.92 Å². The molecule has 1 aliphatic carbocycles. The summed E-state index contributed by atoms with van der Waals surface area (Å²) in [6.45, 7) is 5.77. The zero-order valence-electron chi connectivity index (χ0n) is 12.2. The highest BCUT2D eigenvalue weighted by Gasteiger charge is 2.51. The van der Waals surface area contributed by atoms with Crippen LogP contribution in [0.15, 0.2) is 22.8 Å². The molecule has 0 aromatic heterocycles. The van der Waals surface area contributed by atoms with Gasteiger partial charge in [0, 0.05) is 11.2 Å². The first-order chi connectivity index (χ1) is 10.0. The SMILES string of the molecule is C=C(C)CSC1=C(C#N)C2(CCCCC2)[C@@H](C#N)C(=O)N1. The Morgan fingerprint density at radius 3 is 2.62 bits per heavy atom. The molecule has 0 radical (unpaired) electrons. The lowest BCUT2D eigenvalue weighted by Crippen LogP contribution is -2.48. The van der Waals surface area contributed by atoms with Crippen LogP contribution < -0.4 is 5.32 Å². The molecular formula is C16H19N3OS. The minimum atomic E-state index is -0.748. The van der Waals surface area contributed by atoms with E-state index < -0.39 is 11.3 Å². The molecule has 0 aromatic rings. The predicted molar refractivity (Wildman–Crippen MR) is 82.7 cm³/mol. The zero-order chi connectivity index (χ0) is 15.5. The monoisotopic (exact) mass is 301 g/mol. The average Bonchev–Trinajstić information content (AvgIpc) is 2.46. The van der Waals surface area contributed by atoms with E-state index in [2.05, 4.69) is 24.0 Å².